The fourth-order valence-electron chi connectivity index (χ4n) is 2.01. The predicted molar refractivity (Wildman–Crippen MR) is 87.9 cm³/mol. The summed E-state index contributed by atoms with van der Waals surface area (Å²) >= 11 is 0. The van der Waals surface area contributed by atoms with Gasteiger partial charge in [-0.25, -0.2) is 9.97 Å². The van der Waals surface area contributed by atoms with Crippen molar-refractivity contribution in [2.75, 3.05) is 11.9 Å². The van der Waals surface area contributed by atoms with Crippen LogP contribution in [0.25, 0.3) is 0 Å². The standard InChI is InChI=1S/C17H24N4/c1-5-14-6-8-16(9-7-14)21(4)17-19-11-15(12-20-17)10-18-13(2)3/h6-9,11-13,18H,5,10H2,1-4H3. The lowest BCUT2D eigenvalue weighted by Crippen LogP contribution is -2.22. The molecule has 0 spiro atoms. The van der Waals surface area contributed by atoms with Gasteiger partial charge in [0.2, 0.25) is 5.95 Å². The molecule has 2 rings (SSSR count). The minimum Gasteiger partial charge on any atom is -0.314 e. The number of benzene rings is 1. The van der Waals surface area contributed by atoms with Gasteiger partial charge in [-0.1, -0.05) is 32.9 Å². The number of aromatic nitrogens is 2. The lowest BCUT2D eigenvalue weighted by molar-refractivity contribution is 0.587. The molecule has 1 N–H and O–H groups in total. The number of rotatable bonds is 6. The number of hydrogen-bond acceptors (Lipinski definition) is 4. The van der Waals surface area contributed by atoms with E-state index in [1.807, 2.05) is 24.3 Å². The van der Waals surface area contributed by atoms with Crippen LogP contribution in [0, 0.1) is 0 Å². The Bertz CT molecular complexity index is 546. The molecule has 0 fully saturated rings. The predicted octanol–water partition coefficient (Wildman–Crippen LogP) is 3.30. The van der Waals surface area contributed by atoms with Crippen molar-refractivity contribution in [2.24, 2.45) is 0 Å². The molecule has 0 aliphatic carbocycles. The van der Waals surface area contributed by atoms with E-state index >= 15 is 0 Å². The van der Waals surface area contributed by atoms with Crippen LogP contribution in [0.3, 0.4) is 0 Å². The van der Waals surface area contributed by atoms with Crippen molar-refractivity contribution in [1.82, 2.24) is 15.3 Å². The lowest BCUT2D eigenvalue weighted by Gasteiger charge is -2.17. The van der Waals surface area contributed by atoms with Gasteiger partial charge in [0.25, 0.3) is 0 Å². The fraction of sp³-hybridized carbons (Fsp3) is 0.412. The molecule has 1 aromatic carbocycles. The first-order chi connectivity index (χ1) is 10.1. The molecular weight excluding hydrogens is 260 g/mol. The number of nitrogens with zero attached hydrogens (tertiary/aromatic N) is 3. The normalized spacial score (nSPS) is 10.9. The summed E-state index contributed by atoms with van der Waals surface area (Å²) in [4.78, 5) is 10.9. The highest BCUT2D eigenvalue weighted by atomic mass is 15.2. The van der Waals surface area contributed by atoms with Gasteiger partial charge in [0.1, 0.15) is 0 Å². The Hall–Kier alpha value is -1.94. The topological polar surface area (TPSA) is 41.1 Å². The number of nitrogens with one attached hydrogen (secondary N) is 1. The van der Waals surface area contributed by atoms with Crippen LogP contribution in [0.4, 0.5) is 11.6 Å². The maximum absolute atomic E-state index is 4.45. The van der Waals surface area contributed by atoms with E-state index in [-0.39, 0.29) is 0 Å². The van der Waals surface area contributed by atoms with E-state index in [1.54, 1.807) is 0 Å². The Balaban J connectivity index is 2.06. The second kappa shape index (κ2) is 7.18. The zero-order valence-electron chi connectivity index (χ0n) is 13.3. The third-order valence-corrected chi connectivity index (χ3v) is 3.44. The van der Waals surface area contributed by atoms with Crippen LogP contribution >= 0.6 is 0 Å². The quantitative estimate of drug-likeness (QED) is 0.883. The van der Waals surface area contributed by atoms with Crippen LogP contribution in [-0.4, -0.2) is 23.1 Å². The van der Waals surface area contributed by atoms with Crippen molar-refractivity contribution < 1.29 is 0 Å². The molecule has 1 aromatic heterocycles. The Morgan fingerprint density at radius 1 is 1.05 bits per heavy atom. The van der Waals surface area contributed by atoms with Gasteiger partial charge in [0, 0.05) is 43.3 Å². The van der Waals surface area contributed by atoms with Crippen LogP contribution < -0.4 is 10.2 Å². The summed E-state index contributed by atoms with van der Waals surface area (Å²) in [6.45, 7) is 7.21. The van der Waals surface area contributed by atoms with E-state index in [2.05, 4.69) is 60.3 Å². The second-order valence-electron chi connectivity index (χ2n) is 5.51. The van der Waals surface area contributed by atoms with Crippen LogP contribution in [0.5, 0.6) is 0 Å². The Labute approximate surface area is 127 Å². The average molecular weight is 284 g/mol. The third-order valence-electron chi connectivity index (χ3n) is 3.44. The summed E-state index contributed by atoms with van der Waals surface area (Å²) in [7, 11) is 1.99. The highest BCUT2D eigenvalue weighted by Crippen LogP contribution is 2.20. The zero-order chi connectivity index (χ0) is 15.2. The molecule has 0 radical (unpaired) electrons. The van der Waals surface area contributed by atoms with E-state index in [9.17, 15) is 0 Å². The molecule has 0 saturated heterocycles. The molecule has 112 valence electrons. The van der Waals surface area contributed by atoms with Gasteiger partial charge < -0.3 is 10.2 Å². The minimum absolute atomic E-state index is 0.462. The second-order valence-corrected chi connectivity index (χ2v) is 5.51. The zero-order valence-corrected chi connectivity index (χ0v) is 13.3. The van der Waals surface area contributed by atoms with Gasteiger partial charge >= 0.3 is 0 Å². The molecule has 4 nitrogen and oxygen atoms in total. The summed E-state index contributed by atoms with van der Waals surface area (Å²) in [5.41, 5.74) is 3.53. The van der Waals surface area contributed by atoms with Crippen molar-refractivity contribution in [1.29, 1.82) is 0 Å². The maximum atomic E-state index is 4.45. The summed E-state index contributed by atoms with van der Waals surface area (Å²) in [5.74, 6) is 0.715. The van der Waals surface area contributed by atoms with Crippen molar-refractivity contribution in [2.45, 2.75) is 39.8 Å². The van der Waals surface area contributed by atoms with Crippen molar-refractivity contribution in [3.63, 3.8) is 0 Å². The van der Waals surface area contributed by atoms with E-state index < -0.39 is 0 Å². The summed E-state index contributed by atoms with van der Waals surface area (Å²) in [6.07, 6.45) is 4.82. The molecule has 0 saturated carbocycles. The molecule has 1 heterocycles. The van der Waals surface area contributed by atoms with Crippen LogP contribution in [0.15, 0.2) is 36.7 Å². The smallest absolute Gasteiger partial charge is 0.229 e. The van der Waals surface area contributed by atoms with E-state index in [4.69, 9.17) is 0 Å². The SMILES string of the molecule is CCc1ccc(N(C)c2ncc(CNC(C)C)cn2)cc1. The van der Waals surface area contributed by atoms with Gasteiger partial charge in [0.15, 0.2) is 0 Å². The summed E-state index contributed by atoms with van der Waals surface area (Å²) in [6, 6.07) is 8.97. The minimum atomic E-state index is 0.462. The maximum Gasteiger partial charge on any atom is 0.229 e. The molecule has 2 aromatic rings. The first-order valence-corrected chi connectivity index (χ1v) is 7.47. The number of anilines is 2. The average Bonchev–Trinajstić information content (AvgIpc) is 2.53. The van der Waals surface area contributed by atoms with Crippen molar-refractivity contribution in [3.05, 3.63) is 47.8 Å². The molecule has 0 unspecified atom stereocenters. The van der Waals surface area contributed by atoms with Gasteiger partial charge in [-0.15, -0.1) is 0 Å². The van der Waals surface area contributed by atoms with Gasteiger partial charge in [-0.3, -0.25) is 0 Å². The van der Waals surface area contributed by atoms with Gasteiger partial charge in [0.05, 0.1) is 0 Å². The van der Waals surface area contributed by atoms with Gasteiger partial charge in [-0.05, 0) is 24.1 Å². The highest BCUT2D eigenvalue weighted by Gasteiger charge is 2.07. The third kappa shape index (κ3) is 4.26. The fourth-order valence-corrected chi connectivity index (χ4v) is 2.01. The highest BCUT2D eigenvalue weighted by molar-refractivity contribution is 5.56. The molecular formula is C17H24N4. The summed E-state index contributed by atoms with van der Waals surface area (Å²) in [5, 5.41) is 3.36. The first kappa shape index (κ1) is 15.4. The molecule has 0 aliphatic heterocycles. The summed E-state index contributed by atoms with van der Waals surface area (Å²) < 4.78 is 0. The Kier molecular flexibility index (Phi) is 5.28. The van der Waals surface area contributed by atoms with Crippen molar-refractivity contribution >= 4 is 11.6 Å². The Morgan fingerprint density at radius 2 is 1.67 bits per heavy atom. The van der Waals surface area contributed by atoms with Crippen LogP contribution in [0.2, 0.25) is 0 Å². The van der Waals surface area contributed by atoms with Gasteiger partial charge in [-0.2, -0.15) is 0 Å². The molecule has 0 amide bonds. The monoisotopic (exact) mass is 284 g/mol. The van der Waals surface area contributed by atoms with E-state index in [0.717, 1.165) is 24.2 Å². The molecule has 0 atom stereocenters. The lowest BCUT2D eigenvalue weighted by atomic mass is 10.1. The first-order valence-electron chi connectivity index (χ1n) is 7.47. The van der Waals surface area contributed by atoms with Crippen molar-refractivity contribution in [3.8, 4) is 0 Å². The molecule has 0 bridgehead atoms. The molecule has 4 heteroatoms. The number of aryl methyl sites for hydroxylation is 1. The van der Waals surface area contributed by atoms with E-state index in [0.29, 0.717) is 12.0 Å². The molecule has 21 heavy (non-hydrogen) atoms. The van der Waals surface area contributed by atoms with E-state index in [1.165, 1.54) is 5.56 Å². The number of hydrogen-bond donors (Lipinski definition) is 1. The van der Waals surface area contributed by atoms with Crippen LogP contribution in [-0.2, 0) is 13.0 Å². The largest absolute Gasteiger partial charge is 0.314 e. The van der Waals surface area contributed by atoms with Crippen LogP contribution in [0.1, 0.15) is 31.9 Å². The Morgan fingerprint density at radius 3 is 2.19 bits per heavy atom. The molecule has 0 aliphatic rings.